The molecule has 0 aliphatic heterocycles. The number of carbonyl (C=O) groups is 1. The molecule has 1 heterocycles. The third-order valence-electron chi connectivity index (χ3n) is 2.95. The molecule has 0 saturated carbocycles. The van der Waals surface area contributed by atoms with Crippen molar-refractivity contribution < 1.29 is 13.9 Å². The lowest BCUT2D eigenvalue weighted by Gasteiger charge is -2.01. The van der Waals surface area contributed by atoms with Crippen LogP contribution in [0.25, 0.3) is 11.1 Å². The fraction of sp³-hybridized carbons (Fsp3) is 0.467. The van der Waals surface area contributed by atoms with E-state index in [-0.39, 0.29) is 5.97 Å². The van der Waals surface area contributed by atoms with E-state index in [0.717, 1.165) is 36.1 Å². The lowest BCUT2D eigenvalue weighted by Crippen LogP contribution is -2.03. The molecule has 5 nitrogen and oxygen atoms in total. The zero-order valence-electron chi connectivity index (χ0n) is 12.1. The molecule has 0 atom stereocenters. The monoisotopic (exact) mass is 308 g/mol. The van der Waals surface area contributed by atoms with Gasteiger partial charge in [-0.2, -0.15) is 0 Å². The van der Waals surface area contributed by atoms with Crippen LogP contribution in [0.15, 0.2) is 27.8 Å². The summed E-state index contributed by atoms with van der Waals surface area (Å²) in [7, 11) is 0. The molecule has 2 rings (SSSR count). The molecule has 0 unspecified atom stereocenters. The molecular weight excluding hydrogens is 288 g/mol. The van der Waals surface area contributed by atoms with Crippen LogP contribution in [0.3, 0.4) is 0 Å². The van der Waals surface area contributed by atoms with Crippen molar-refractivity contribution >= 4 is 34.5 Å². The van der Waals surface area contributed by atoms with Crippen LogP contribution < -0.4 is 5.73 Å². The second-order valence-corrected chi connectivity index (χ2v) is 5.72. The van der Waals surface area contributed by atoms with Crippen molar-refractivity contribution in [2.75, 3.05) is 18.1 Å². The number of nitrogen functional groups attached to an aromatic ring is 1. The van der Waals surface area contributed by atoms with Gasteiger partial charge in [0.25, 0.3) is 5.22 Å². The molecule has 1 aromatic carbocycles. The van der Waals surface area contributed by atoms with Crippen LogP contribution in [0.5, 0.6) is 0 Å². The molecule has 0 fully saturated rings. The van der Waals surface area contributed by atoms with Gasteiger partial charge < -0.3 is 14.9 Å². The van der Waals surface area contributed by atoms with E-state index in [4.69, 9.17) is 14.9 Å². The summed E-state index contributed by atoms with van der Waals surface area (Å²) in [5.41, 5.74) is 7.93. The van der Waals surface area contributed by atoms with E-state index in [2.05, 4.69) is 4.98 Å². The van der Waals surface area contributed by atoms with Crippen molar-refractivity contribution in [3.63, 3.8) is 0 Å². The molecule has 2 N–H and O–H groups in total. The van der Waals surface area contributed by atoms with Gasteiger partial charge in [0.15, 0.2) is 5.58 Å². The number of hydrogen-bond donors (Lipinski definition) is 1. The highest BCUT2D eigenvalue weighted by Gasteiger charge is 2.06. The van der Waals surface area contributed by atoms with E-state index in [9.17, 15) is 4.79 Å². The fourth-order valence-electron chi connectivity index (χ4n) is 1.92. The smallest absolute Gasteiger partial charge is 0.305 e. The van der Waals surface area contributed by atoms with E-state index in [1.54, 1.807) is 17.8 Å². The maximum atomic E-state index is 11.2. The van der Waals surface area contributed by atoms with Gasteiger partial charge in [-0.05, 0) is 31.9 Å². The fourth-order valence-corrected chi connectivity index (χ4v) is 2.76. The van der Waals surface area contributed by atoms with Gasteiger partial charge in [-0.1, -0.05) is 18.2 Å². The molecule has 0 radical (unpaired) electrons. The highest BCUT2D eigenvalue weighted by atomic mass is 32.2. The van der Waals surface area contributed by atoms with E-state index < -0.39 is 0 Å². The molecule has 1 aromatic heterocycles. The first-order chi connectivity index (χ1) is 10.2. The van der Waals surface area contributed by atoms with Crippen LogP contribution in [0.1, 0.15) is 32.6 Å². The number of hydrogen-bond acceptors (Lipinski definition) is 6. The first-order valence-corrected chi connectivity index (χ1v) is 8.12. The number of fused-ring (bicyclic) bond motifs is 1. The minimum absolute atomic E-state index is 0.110. The second-order valence-electron chi connectivity index (χ2n) is 4.67. The number of unbranched alkanes of at least 4 members (excludes halogenated alkanes) is 2. The number of ether oxygens (including phenoxy) is 1. The summed E-state index contributed by atoms with van der Waals surface area (Å²) in [6.07, 6.45) is 3.38. The van der Waals surface area contributed by atoms with Crippen molar-refractivity contribution in [1.82, 2.24) is 4.98 Å². The first kappa shape index (κ1) is 15.7. The maximum Gasteiger partial charge on any atom is 0.305 e. The van der Waals surface area contributed by atoms with Crippen molar-refractivity contribution in [2.24, 2.45) is 0 Å². The third-order valence-corrected chi connectivity index (χ3v) is 3.86. The van der Waals surface area contributed by atoms with Crippen molar-refractivity contribution in [1.29, 1.82) is 0 Å². The molecule has 21 heavy (non-hydrogen) atoms. The Balaban J connectivity index is 1.67. The predicted molar refractivity (Wildman–Crippen MR) is 84.2 cm³/mol. The topological polar surface area (TPSA) is 78.3 Å². The molecule has 0 aliphatic carbocycles. The molecule has 0 aliphatic rings. The Labute approximate surface area is 128 Å². The Morgan fingerprint density at radius 1 is 1.38 bits per heavy atom. The van der Waals surface area contributed by atoms with Gasteiger partial charge in [-0.15, -0.1) is 0 Å². The SMILES string of the molecule is CCOC(=O)CCCCCSc1nc2ccc(N)cc2o1. The molecule has 6 heteroatoms. The Hall–Kier alpha value is -1.69. The standard InChI is InChI=1S/C15H20N2O3S/c1-2-19-14(18)6-4-3-5-9-21-15-17-12-8-7-11(16)10-13(12)20-15/h7-8,10H,2-6,9,16H2,1H3. The number of benzene rings is 1. The largest absolute Gasteiger partial charge is 0.466 e. The molecule has 2 aromatic rings. The number of rotatable bonds is 8. The first-order valence-electron chi connectivity index (χ1n) is 7.13. The lowest BCUT2D eigenvalue weighted by molar-refractivity contribution is -0.143. The van der Waals surface area contributed by atoms with E-state index in [1.807, 2.05) is 19.1 Å². The van der Waals surface area contributed by atoms with Crippen LogP contribution >= 0.6 is 11.8 Å². The van der Waals surface area contributed by atoms with E-state index in [1.165, 1.54) is 0 Å². The van der Waals surface area contributed by atoms with Crippen LogP contribution in [0, 0.1) is 0 Å². The minimum atomic E-state index is -0.110. The number of aromatic nitrogens is 1. The van der Waals surface area contributed by atoms with Crippen molar-refractivity contribution in [3.05, 3.63) is 18.2 Å². The van der Waals surface area contributed by atoms with Crippen LogP contribution in [0.4, 0.5) is 5.69 Å². The van der Waals surface area contributed by atoms with Crippen LogP contribution in [0.2, 0.25) is 0 Å². The molecule has 0 amide bonds. The summed E-state index contributed by atoms with van der Waals surface area (Å²) < 4.78 is 10.5. The Kier molecular flexibility index (Phi) is 5.92. The second kappa shape index (κ2) is 7.93. The zero-order valence-corrected chi connectivity index (χ0v) is 12.9. The predicted octanol–water partition coefficient (Wildman–Crippen LogP) is 3.63. The summed E-state index contributed by atoms with van der Waals surface area (Å²) >= 11 is 1.59. The molecular formula is C15H20N2O3S. The van der Waals surface area contributed by atoms with Gasteiger partial charge in [0, 0.05) is 23.9 Å². The molecule has 0 saturated heterocycles. The minimum Gasteiger partial charge on any atom is -0.466 e. The summed E-state index contributed by atoms with van der Waals surface area (Å²) in [4.78, 5) is 15.6. The van der Waals surface area contributed by atoms with Gasteiger partial charge in [-0.25, -0.2) is 4.98 Å². The summed E-state index contributed by atoms with van der Waals surface area (Å²) in [6.45, 7) is 2.28. The van der Waals surface area contributed by atoms with Crippen LogP contribution in [-0.4, -0.2) is 23.3 Å². The number of esters is 1. The third kappa shape index (κ3) is 4.97. The average Bonchev–Trinajstić information content (AvgIpc) is 2.84. The van der Waals surface area contributed by atoms with Gasteiger partial charge >= 0.3 is 5.97 Å². The van der Waals surface area contributed by atoms with Gasteiger partial charge in [0.05, 0.1) is 6.61 Å². The highest BCUT2D eigenvalue weighted by molar-refractivity contribution is 7.99. The quantitative estimate of drug-likeness (QED) is 0.347. The Morgan fingerprint density at radius 2 is 2.24 bits per heavy atom. The van der Waals surface area contributed by atoms with Gasteiger partial charge in [-0.3, -0.25) is 4.79 Å². The van der Waals surface area contributed by atoms with E-state index in [0.29, 0.717) is 23.9 Å². The number of thioether (sulfide) groups is 1. The summed E-state index contributed by atoms with van der Waals surface area (Å²) in [6, 6.07) is 5.46. The van der Waals surface area contributed by atoms with E-state index >= 15 is 0 Å². The van der Waals surface area contributed by atoms with Crippen molar-refractivity contribution in [3.8, 4) is 0 Å². The average molecular weight is 308 g/mol. The summed E-state index contributed by atoms with van der Waals surface area (Å²) in [5.74, 6) is 0.812. The molecule has 114 valence electrons. The summed E-state index contributed by atoms with van der Waals surface area (Å²) in [5, 5.41) is 0.668. The number of anilines is 1. The lowest BCUT2D eigenvalue weighted by atomic mass is 10.2. The van der Waals surface area contributed by atoms with Crippen molar-refractivity contribution in [2.45, 2.75) is 37.8 Å². The van der Waals surface area contributed by atoms with Crippen LogP contribution in [-0.2, 0) is 9.53 Å². The highest BCUT2D eigenvalue weighted by Crippen LogP contribution is 2.25. The Morgan fingerprint density at radius 3 is 3.05 bits per heavy atom. The number of nitrogens with two attached hydrogens (primary N) is 1. The number of carbonyl (C=O) groups excluding carboxylic acids is 1. The number of nitrogens with zero attached hydrogens (tertiary/aromatic N) is 1. The molecule has 0 spiro atoms. The zero-order chi connectivity index (χ0) is 15.1. The molecule has 0 bridgehead atoms. The maximum absolute atomic E-state index is 11.2. The Bertz CT molecular complexity index is 598. The number of oxazole rings is 1. The normalized spacial score (nSPS) is 10.9. The van der Waals surface area contributed by atoms with Gasteiger partial charge in [0.1, 0.15) is 5.52 Å². The van der Waals surface area contributed by atoms with Gasteiger partial charge in [0.2, 0.25) is 0 Å².